The highest BCUT2D eigenvalue weighted by molar-refractivity contribution is 7.92. The highest BCUT2D eigenvalue weighted by atomic mass is 32.2. The monoisotopic (exact) mass is 512 g/mol. The van der Waals surface area contributed by atoms with Crippen molar-refractivity contribution in [3.05, 3.63) is 66.1 Å². The third kappa shape index (κ3) is 5.11. The molecule has 9 nitrogen and oxygen atoms in total. The van der Waals surface area contributed by atoms with Gasteiger partial charge in [0.25, 0.3) is 5.88 Å². The first-order chi connectivity index (χ1) is 17.9. The van der Waals surface area contributed by atoms with Crippen molar-refractivity contribution in [2.24, 2.45) is 5.92 Å². The van der Waals surface area contributed by atoms with Gasteiger partial charge in [-0.3, -0.25) is 4.72 Å². The second-order valence-corrected chi connectivity index (χ2v) is 10.8. The van der Waals surface area contributed by atoms with Crippen LogP contribution in [0.15, 0.2) is 54.9 Å². The number of benzene rings is 2. The van der Waals surface area contributed by atoms with Crippen LogP contribution in [-0.2, 0) is 16.6 Å². The summed E-state index contributed by atoms with van der Waals surface area (Å²) in [4.78, 5) is 8.11. The van der Waals surface area contributed by atoms with E-state index in [4.69, 9.17) is 4.74 Å². The molecule has 4 aromatic rings. The largest absolute Gasteiger partial charge is 0.436 e. The Morgan fingerprint density at radius 1 is 1.08 bits per heavy atom. The maximum Gasteiger partial charge on any atom is 0.256 e. The topological polar surface area (TPSA) is 134 Å². The maximum atomic E-state index is 12.2. The number of rotatable bonds is 9. The Morgan fingerprint density at radius 2 is 1.84 bits per heavy atom. The summed E-state index contributed by atoms with van der Waals surface area (Å²) < 4.78 is 35.0. The van der Waals surface area contributed by atoms with Crippen molar-refractivity contribution in [1.29, 1.82) is 10.5 Å². The molecule has 0 atom stereocenters. The summed E-state index contributed by atoms with van der Waals surface area (Å²) in [6.07, 6.45) is 5.67. The van der Waals surface area contributed by atoms with Crippen LogP contribution < -0.4 is 9.46 Å². The van der Waals surface area contributed by atoms with E-state index in [9.17, 15) is 18.9 Å². The van der Waals surface area contributed by atoms with Crippen LogP contribution in [0, 0.1) is 28.6 Å². The minimum atomic E-state index is -3.40. The standard InChI is InChI=1S/C27H24N6O3S/c1-2-13-37(34,35)32-20-7-5-19(6-8-20)26-23(15-28)22-10-9-21(14-25(22)33(26)17-18-3-4-18)36-27-24(16-29)30-11-12-31-27/h5-12,14,18,32H,2-4,13,17H2,1H3. The molecule has 0 radical (unpaired) electrons. The average Bonchev–Trinajstić information content (AvgIpc) is 3.66. The number of hydrogen-bond donors (Lipinski definition) is 1. The molecule has 0 amide bonds. The van der Waals surface area contributed by atoms with Crippen molar-refractivity contribution in [3.63, 3.8) is 0 Å². The summed E-state index contributed by atoms with van der Waals surface area (Å²) in [6, 6.07) is 16.9. The molecule has 37 heavy (non-hydrogen) atoms. The van der Waals surface area contributed by atoms with Crippen LogP contribution in [0.5, 0.6) is 11.6 Å². The van der Waals surface area contributed by atoms with Gasteiger partial charge in [-0.1, -0.05) is 19.1 Å². The fraction of sp³-hybridized carbons (Fsp3) is 0.259. The molecule has 1 aliphatic rings. The van der Waals surface area contributed by atoms with Crippen molar-refractivity contribution in [1.82, 2.24) is 14.5 Å². The maximum absolute atomic E-state index is 12.2. The summed E-state index contributed by atoms with van der Waals surface area (Å²) in [7, 11) is -3.40. The van der Waals surface area contributed by atoms with E-state index in [0.29, 0.717) is 29.3 Å². The Balaban J connectivity index is 1.58. The van der Waals surface area contributed by atoms with E-state index in [1.165, 1.54) is 12.4 Å². The number of nitrogens with one attached hydrogen (secondary N) is 1. The molecule has 2 heterocycles. The molecule has 0 spiro atoms. The summed E-state index contributed by atoms with van der Waals surface area (Å²) >= 11 is 0. The second-order valence-electron chi connectivity index (χ2n) is 8.99. The molecule has 186 valence electrons. The number of hydrogen-bond acceptors (Lipinski definition) is 7. The van der Waals surface area contributed by atoms with E-state index < -0.39 is 10.0 Å². The van der Waals surface area contributed by atoms with Crippen molar-refractivity contribution >= 4 is 26.6 Å². The van der Waals surface area contributed by atoms with Crippen LogP contribution in [0.1, 0.15) is 37.4 Å². The lowest BCUT2D eigenvalue weighted by Gasteiger charge is -2.13. The van der Waals surface area contributed by atoms with Gasteiger partial charge in [0.05, 0.1) is 22.5 Å². The molecule has 1 fully saturated rings. The van der Waals surface area contributed by atoms with Gasteiger partial charge in [0.1, 0.15) is 17.9 Å². The second kappa shape index (κ2) is 9.92. The predicted molar refractivity (Wildman–Crippen MR) is 139 cm³/mol. The van der Waals surface area contributed by atoms with Gasteiger partial charge in [-0.15, -0.1) is 0 Å². The molecule has 1 N–H and O–H groups in total. The smallest absolute Gasteiger partial charge is 0.256 e. The van der Waals surface area contributed by atoms with E-state index in [-0.39, 0.29) is 17.3 Å². The molecule has 5 rings (SSSR count). The average molecular weight is 513 g/mol. The van der Waals surface area contributed by atoms with Gasteiger partial charge in [-0.25, -0.2) is 18.4 Å². The van der Waals surface area contributed by atoms with E-state index in [1.54, 1.807) is 18.2 Å². The van der Waals surface area contributed by atoms with Crippen LogP contribution in [0.3, 0.4) is 0 Å². The number of anilines is 1. The first kappa shape index (κ1) is 24.3. The van der Waals surface area contributed by atoms with Crippen molar-refractivity contribution in [2.45, 2.75) is 32.7 Å². The molecule has 1 saturated carbocycles. The first-order valence-corrected chi connectivity index (χ1v) is 13.6. The number of nitriles is 2. The van der Waals surface area contributed by atoms with Crippen LogP contribution in [0.2, 0.25) is 0 Å². The Labute approximate surface area is 215 Å². The minimum Gasteiger partial charge on any atom is -0.436 e. The quantitative estimate of drug-likeness (QED) is 0.326. The lowest BCUT2D eigenvalue weighted by atomic mass is 10.1. The van der Waals surface area contributed by atoms with Crippen LogP contribution in [0.25, 0.3) is 22.2 Å². The fourth-order valence-electron chi connectivity index (χ4n) is 4.34. The summed E-state index contributed by atoms with van der Waals surface area (Å²) in [5.41, 5.74) is 3.54. The van der Waals surface area contributed by atoms with Crippen LogP contribution in [0.4, 0.5) is 5.69 Å². The first-order valence-electron chi connectivity index (χ1n) is 12.0. The molecule has 0 saturated heterocycles. The predicted octanol–water partition coefficient (Wildman–Crippen LogP) is 5.20. The molecule has 1 aliphatic carbocycles. The molecule has 0 bridgehead atoms. The Kier molecular flexibility index (Phi) is 6.51. The molecular formula is C27H24N6O3S. The van der Waals surface area contributed by atoms with E-state index in [2.05, 4.69) is 25.3 Å². The third-order valence-corrected chi connectivity index (χ3v) is 7.67. The zero-order valence-electron chi connectivity index (χ0n) is 20.2. The van der Waals surface area contributed by atoms with Gasteiger partial charge in [-0.2, -0.15) is 10.5 Å². The minimum absolute atomic E-state index is 0.0534. The Bertz CT molecular complexity index is 1660. The van der Waals surface area contributed by atoms with E-state index in [0.717, 1.165) is 41.5 Å². The van der Waals surface area contributed by atoms with Crippen LogP contribution in [-0.4, -0.2) is 28.7 Å². The van der Waals surface area contributed by atoms with Crippen LogP contribution >= 0.6 is 0 Å². The fourth-order valence-corrected chi connectivity index (χ4v) is 5.47. The highest BCUT2D eigenvalue weighted by Crippen LogP contribution is 2.40. The Morgan fingerprint density at radius 3 is 2.51 bits per heavy atom. The zero-order valence-corrected chi connectivity index (χ0v) is 21.0. The molecule has 0 unspecified atom stereocenters. The van der Waals surface area contributed by atoms with Gasteiger partial charge < -0.3 is 9.30 Å². The normalized spacial score (nSPS) is 13.2. The SMILES string of the molecule is CCCS(=O)(=O)Nc1ccc(-c2c(C#N)c3ccc(Oc4nccnc4C#N)cc3n2CC2CC2)cc1. The third-order valence-electron chi connectivity index (χ3n) is 6.18. The number of sulfonamides is 1. The van der Waals surface area contributed by atoms with Crippen molar-refractivity contribution < 1.29 is 13.2 Å². The highest BCUT2D eigenvalue weighted by Gasteiger charge is 2.27. The van der Waals surface area contributed by atoms with Gasteiger partial charge in [0.15, 0.2) is 0 Å². The van der Waals surface area contributed by atoms with Gasteiger partial charge in [-0.05, 0) is 55.0 Å². The summed E-state index contributed by atoms with van der Waals surface area (Å²) in [6.45, 7) is 2.56. The van der Waals surface area contributed by atoms with Gasteiger partial charge in [0.2, 0.25) is 15.7 Å². The molecular weight excluding hydrogens is 488 g/mol. The number of nitrogens with zero attached hydrogens (tertiary/aromatic N) is 5. The summed E-state index contributed by atoms with van der Waals surface area (Å²) in [5.74, 6) is 1.18. The molecule has 2 aromatic carbocycles. The van der Waals surface area contributed by atoms with E-state index >= 15 is 0 Å². The number of fused-ring (bicyclic) bond motifs is 1. The lowest BCUT2D eigenvalue weighted by molar-refractivity contribution is 0.458. The number of ether oxygens (including phenoxy) is 1. The zero-order chi connectivity index (χ0) is 26.0. The summed E-state index contributed by atoms with van der Waals surface area (Å²) in [5, 5.41) is 20.2. The van der Waals surface area contributed by atoms with Crippen molar-refractivity contribution in [2.75, 3.05) is 10.5 Å². The van der Waals surface area contributed by atoms with Gasteiger partial charge in [0, 0.05) is 36.1 Å². The van der Waals surface area contributed by atoms with Crippen molar-refractivity contribution in [3.8, 4) is 35.0 Å². The molecule has 0 aliphatic heterocycles. The lowest BCUT2D eigenvalue weighted by Crippen LogP contribution is -2.15. The van der Waals surface area contributed by atoms with Gasteiger partial charge >= 0.3 is 0 Å². The molecule has 2 aromatic heterocycles. The Hall–Kier alpha value is -4.41. The van der Waals surface area contributed by atoms with E-state index in [1.807, 2.05) is 37.3 Å². The number of aromatic nitrogens is 3. The molecule has 10 heteroatoms.